The fraction of sp³-hybridized carbons (Fsp3) is 0.900. The van der Waals surface area contributed by atoms with E-state index in [2.05, 4.69) is 10.5 Å². The van der Waals surface area contributed by atoms with Gasteiger partial charge in [0, 0.05) is 26.7 Å². The molecule has 6 heteroatoms. The van der Waals surface area contributed by atoms with Gasteiger partial charge in [-0.05, 0) is 6.42 Å². The second kappa shape index (κ2) is 6.03. The third-order valence-electron chi connectivity index (χ3n) is 3.05. The van der Waals surface area contributed by atoms with Gasteiger partial charge in [0.15, 0.2) is 5.84 Å². The fourth-order valence-corrected chi connectivity index (χ4v) is 1.80. The van der Waals surface area contributed by atoms with Crippen LogP contribution in [0.5, 0.6) is 0 Å². The minimum atomic E-state index is -0.275. The van der Waals surface area contributed by atoms with Crippen LogP contribution >= 0.6 is 0 Å². The number of nitrogens with one attached hydrogen (secondary N) is 1. The van der Waals surface area contributed by atoms with Crippen LogP contribution in [-0.4, -0.2) is 49.6 Å². The minimum Gasteiger partial charge on any atom is -0.409 e. The lowest BCUT2D eigenvalue weighted by atomic mass is 10.0. The van der Waals surface area contributed by atoms with Crippen molar-refractivity contribution in [2.24, 2.45) is 10.9 Å². The van der Waals surface area contributed by atoms with Crippen LogP contribution in [0.15, 0.2) is 5.16 Å². The minimum absolute atomic E-state index is 0.127. The maximum atomic E-state index is 8.62. The predicted octanol–water partition coefficient (Wildman–Crippen LogP) is -0.0935. The highest BCUT2D eigenvalue weighted by Gasteiger charge is 2.35. The SMILES string of the molecule is CCC(NCC1(OC)CCOC1)C(N)=NO. The summed E-state index contributed by atoms with van der Waals surface area (Å²) in [6.45, 7) is 3.91. The molecule has 16 heavy (non-hydrogen) atoms. The first-order chi connectivity index (χ1) is 7.67. The summed E-state index contributed by atoms with van der Waals surface area (Å²) in [6, 6.07) is -0.127. The molecule has 1 fully saturated rings. The Morgan fingerprint density at radius 2 is 2.50 bits per heavy atom. The molecule has 0 aromatic rings. The molecule has 0 radical (unpaired) electrons. The Hall–Kier alpha value is -0.850. The molecule has 1 saturated heterocycles. The van der Waals surface area contributed by atoms with E-state index in [0.29, 0.717) is 13.2 Å². The third kappa shape index (κ3) is 3.07. The first-order valence-electron chi connectivity index (χ1n) is 5.51. The number of ether oxygens (including phenoxy) is 2. The van der Waals surface area contributed by atoms with Crippen LogP contribution in [0.2, 0.25) is 0 Å². The normalized spacial score (nSPS) is 28.2. The molecule has 94 valence electrons. The zero-order valence-corrected chi connectivity index (χ0v) is 9.90. The monoisotopic (exact) mass is 231 g/mol. The van der Waals surface area contributed by atoms with Crippen molar-refractivity contribution in [2.75, 3.05) is 26.9 Å². The summed E-state index contributed by atoms with van der Waals surface area (Å²) in [4.78, 5) is 0. The van der Waals surface area contributed by atoms with Crippen LogP contribution in [0, 0.1) is 0 Å². The van der Waals surface area contributed by atoms with Crippen LogP contribution in [0.4, 0.5) is 0 Å². The number of nitrogens with zero attached hydrogens (tertiary/aromatic N) is 1. The van der Waals surface area contributed by atoms with Crippen molar-refractivity contribution in [3.63, 3.8) is 0 Å². The van der Waals surface area contributed by atoms with Crippen LogP contribution < -0.4 is 11.1 Å². The molecule has 0 bridgehead atoms. The molecule has 1 aliphatic heterocycles. The first-order valence-corrected chi connectivity index (χ1v) is 5.51. The highest BCUT2D eigenvalue weighted by Crippen LogP contribution is 2.21. The summed E-state index contributed by atoms with van der Waals surface area (Å²) < 4.78 is 10.8. The second-order valence-electron chi connectivity index (χ2n) is 4.06. The van der Waals surface area contributed by atoms with E-state index < -0.39 is 0 Å². The van der Waals surface area contributed by atoms with Gasteiger partial charge in [0.05, 0.1) is 12.6 Å². The maximum absolute atomic E-state index is 8.62. The van der Waals surface area contributed by atoms with E-state index in [-0.39, 0.29) is 17.5 Å². The largest absolute Gasteiger partial charge is 0.409 e. The summed E-state index contributed by atoms with van der Waals surface area (Å²) >= 11 is 0. The highest BCUT2D eigenvalue weighted by atomic mass is 16.5. The van der Waals surface area contributed by atoms with Gasteiger partial charge in [0.2, 0.25) is 0 Å². The Balaban J connectivity index is 2.47. The number of nitrogens with two attached hydrogens (primary N) is 1. The molecule has 6 nitrogen and oxygen atoms in total. The summed E-state index contributed by atoms with van der Waals surface area (Å²) in [5.41, 5.74) is 5.29. The molecule has 0 amide bonds. The first kappa shape index (κ1) is 13.2. The highest BCUT2D eigenvalue weighted by molar-refractivity contribution is 5.85. The molecular formula is C10H21N3O3. The van der Waals surface area contributed by atoms with Crippen molar-refractivity contribution in [1.82, 2.24) is 5.32 Å². The van der Waals surface area contributed by atoms with Gasteiger partial charge in [-0.15, -0.1) is 0 Å². The summed E-state index contributed by atoms with van der Waals surface area (Å²) in [7, 11) is 1.68. The molecule has 0 saturated carbocycles. The van der Waals surface area contributed by atoms with Crippen molar-refractivity contribution in [3.05, 3.63) is 0 Å². The molecule has 0 aliphatic carbocycles. The van der Waals surface area contributed by atoms with E-state index in [1.165, 1.54) is 0 Å². The van der Waals surface area contributed by atoms with Gasteiger partial charge < -0.3 is 25.7 Å². The Bertz CT molecular complexity index is 239. The van der Waals surface area contributed by atoms with E-state index >= 15 is 0 Å². The summed E-state index contributed by atoms with van der Waals surface area (Å²) in [6.07, 6.45) is 1.62. The molecule has 1 rings (SSSR count). The van der Waals surface area contributed by atoms with Gasteiger partial charge in [0.1, 0.15) is 5.60 Å². The number of methoxy groups -OCH3 is 1. The van der Waals surface area contributed by atoms with Crippen LogP contribution in [-0.2, 0) is 9.47 Å². The third-order valence-corrected chi connectivity index (χ3v) is 3.05. The van der Waals surface area contributed by atoms with Gasteiger partial charge in [0.25, 0.3) is 0 Å². The molecular weight excluding hydrogens is 210 g/mol. The van der Waals surface area contributed by atoms with Gasteiger partial charge >= 0.3 is 0 Å². The number of amidine groups is 1. The van der Waals surface area contributed by atoms with Crippen LogP contribution in [0.25, 0.3) is 0 Å². The lowest BCUT2D eigenvalue weighted by molar-refractivity contribution is -0.0164. The van der Waals surface area contributed by atoms with Crippen molar-refractivity contribution in [1.29, 1.82) is 0 Å². The summed E-state index contributed by atoms with van der Waals surface area (Å²) in [5.74, 6) is 0.202. The molecule has 2 atom stereocenters. The summed E-state index contributed by atoms with van der Waals surface area (Å²) in [5, 5.41) is 14.9. The standard InChI is InChI=1S/C10H21N3O3/c1-3-8(9(11)13-14)12-6-10(15-2)4-5-16-7-10/h8,12,14H,3-7H2,1-2H3,(H2,11,13). The molecule has 1 aliphatic rings. The van der Waals surface area contributed by atoms with E-state index in [9.17, 15) is 0 Å². The van der Waals surface area contributed by atoms with E-state index in [4.69, 9.17) is 20.4 Å². The fourth-order valence-electron chi connectivity index (χ4n) is 1.80. The number of hydrogen-bond acceptors (Lipinski definition) is 5. The van der Waals surface area contributed by atoms with Gasteiger partial charge in [-0.1, -0.05) is 12.1 Å². The van der Waals surface area contributed by atoms with Gasteiger partial charge in [-0.2, -0.15) is 0 Å². The van der Waals surface area contributed by atoms with Crippen molar-refractivity contribution < 1.29 is 14.7 Å². The Labute approximate surface area is 95.8 Å². The molecule has 0 aromatic carbocycles. The van der Waals surface area contributed by atoms with E-state index in [1.54, 1.807) is 7.11 Å². The quantitative estimate of drug-likeness (QED) is 0.257. The topological polar surface area (TPSA) is 89.1 Å². The Morgan fingerprint density at radius 1 is 1.75 bits per heavy atom. The Morgan fingerprint density at radius 3 is 2.94 bits per heavy atom. The average molecular weight is 231 g/mol. The van der Waals surface area contributed by atoms with Crippen LogP contribution in [0.3, 0.4) is 0 Å². The van der Waals surface area contributed by atoms with E-state index in [1.807, 2.05) is 6.92 Å². The van der Waals surface area contributed by atoms with Gasteiger partial charge in [-0.25, -0.2) is 0 Å². The van der Waals surface area contributed by atoms with E-state index in [0.717, 1.165) is 19.4 Å². The number of rotatable bonds is 6. The molecule has 2 unspecified atom stereocenters. The second-order valence-corrected chi connectivity index (χ2v) is 4.06. The zero-order valence-electron chi connectivity index (χ0n) is 9.90. The molecule has 0 aromatic heterocycles. The lowest BCUT2D eigenvalue weighted by Gasteiger charge is -2.28. The smallest absolute Gasteiger partial charge is 0.156 e. The lowest BCUT2D eigenvalue weighted by Crippen LogP contribution is -2.50. The zero-order chi connectivity index (χ0) is 12.0. The average Bonchev–Trinajstić information content (AvgIpc) is 2.79. The van der Waals surface area contributed by atoms with Crippen molar-refractivity contribution in [3.8, 4) is 0 Å². The Kier molecular flexibility index (Phi) is 4.98. The maximum Gasteiger partial charge on any atom is 0.156 e. The predicted molar refractivity (Wildman–Crippen MR) is 60.7 cm³/mol. The van der Waals surface area contributed by atoms with Gasteiger partial charge in [-0.3, -0.25) is 0 Å². The molecule has 1 heterocycles. The number of hydrogen-bond donors (Lipinski definition) is 3. The number of oxime groups is 1. The molecule has 4 N–H and O–H groups in total. The van der Waals surface area contributed by atoms with Crippen molar-refractivity contribution in [2.45, 2.75) is 31.4 Å². The molecule has 0 spiro atoms. The van der Waals surface area contributed by atoms with Crippen LogP contribution in [0.1, 0.15) is 19.8 Å². The van der Waals surface area contributed by atoms with Crippen molar-refractivity contribution >= 4 is 5.84 Å².